The lowest BCUT2D eigenvalue weighted by Gasteiger charge is -2.25. The first-order valence-electron chi connectivity index (χ1n) is 5.10. The highest BCUT2D eigenvalue weighted by Crippen LogP contribution is 2.29. The van der Waals surface area contributed by atoms with Crippen molar-refractivity contribution in [3.63, 3.8) is 0 Å². The Balaban J connectivity index is 4.54. The second-order valence-electron chi connectivity index (χ2n) is 3.87. The Hall–Kier alpha value is -0.860. The number of methoxy groups -OCH3 is 1. The number of hydrogen-bond acceptors (Lipinski definition) is 3. The van der Waals surface area contributed by atoms with E-state index in [0.717, 1.165) is 6.42 Å². The molecule has 0 aliphatic rings. The Bertz CT molecular complexity index is 211. The fraction of sp³-hybridized carbons (Fsp3) is 0.818. The third-order valence-electron chi connectivity index (χ3n) is 2.46. The monoisotopic (exact) mass is 200 g/mol. The van der Waals surface area contributed by atoms with Crippen LogP contribution in [0.2, 0.25) is 0 Å². The Kier molecular flexibility index (Phi) is 5.43. The molecule has 0 heterocycles. The van der Waals surface area contributed by atoms with Crippen LogP contribution in [0.3, 0.4) is 0 Å². The average molecular weight is 200 g/mol. The van der Waals surface area contributed by atoms with Gasteiger partial charge < -0.3 is 4.74 Å². The van der Waals surface area contributed by atoms with Crippen LogP contribution < -0.4 is 0 Å². The van der Waals surface area contributed by atoms with Crippen molar-refractivity contribution in [3.8, 4) is 0 Å². The number of hydrogen-bond donors (Lipinski definition) is 0. The Labute approximate surface area is 85.8 Å². The van der Waals surface area contributed by atoms with Crippen LogP contribution in [0.25, 0.3) is 0 Å². The lowest BCUT2D eigenvalue weighted by molar-refractivity contribution is -0.154. The fourth-order valence-electron chi connectivity index (χ4n) is 1.62. The van der Waals surface area contributed by atoms with E-state index in [2.05, 4.69) is 0 Å². The van der Waals surface area contributed by atoms with E-state index in [-0.39, 0.29) is 11.8 Å². The van der Waals surface area contributed by atoms with Gasteiger partial charge in [0.05, 0.1) is 12.5 Å². The summed E-state index contributed by atoms with van der Waals surface area (Å²) in [6.07, 6.45) is 2.36. The first-order chi connectivity index (χ1) is 6.50. The van der Waals surface area contributed by atoms with Crippen molar-refractivity contribution in [2.45, 2.75) is 46.5 Å². The van der Waals surface area contributed by atoms with Crippen molar-refractivity contribution in [1.29, 1.82) is 0 Å². The number of rotatable bonds is 6. The number of ether oxygens (including phenoxy) is 1. The summed E-state index contributed by atoms with van der Waals surface area (Å²) in [6, 6.07) is 0. The largest absolute Gasteiger partial charge is 0.469 e. The van der Waals surface area contributed by atoms with Crippen molar-refractivity contribution in [2.75, 3.05) is 7.11 Å². The Morgan fingerprint density at radius 1 is 1.29 bits per heavy atom. The summed E-state index contributed by atoms with van der Waals surface area (Å²) in [7, 11) is 1.37. The normalized spacial score (nSPS) is 14.6. The maximum atomic E-state index is 11.5. The highest BCUT2D eigenvalue weighted by atomic mass is 16.5. The Morgan fingerprint density at radius 2 is 1.86 bits per heavy atom. The van der Waals surface area contributed by atoms with E-state index in [1.54, 1.807) is 6.92 Å². The topological polar surface area (TPSA) is 43.4 Å². The predicted molar refractivity (Wildman–Crippen MR) is 54.9 cm³/mol. The van der Waals surface area contributed by atoms with Crippen molar-refractivity contribution in [1.82, 2.24) is 0 Å². The third kappa shape index (κ3) is 3.48. The summed E-state index contributed by atoms with van der Waals surface area (Å²) in [5.74, 6) is -0.160. The van der Waals surface area contributed by atoms with Gasteiger partial charge in [-0.25, -0.2) is 0 Å². The van der Waals surface area contributed by atoms with Crippen LogP contribution in [0.4, 0.5) is 0 Å². The summed E-state index contributed by atoms with van der Waals surface area (Å²) < 4.78 is 4.72. The Morgan fingerprint density at radius 3 is 2.21 bits per heavy atom. The minimum Gasteiger partial charge on any atom is -0.469 e. The molecule has 3 nitrogen and oxygen atoms in total. The lowest BCUT2D eigenvalue weighted by atomic mass is 9.80. The zero-order valence-corrected chi connectivity index (χ0v) is 9.55. The third-order valence-corrected chi connectivity index (χ3v) is 2.46. The van der Waals surface area contributed by atoms with E-state index in [9.17, 15) is 9.59 Å². The summed E-state index contributed by atoms with van der Waals surface area (Å²) in [4.78, 5) is 22.8. The van der Waals surface area contributed by atoms with E-state index in [1.165, 1.54) is 7.11 Å². The zero-order chi connectivity index (χ0) is 11.2. The maximum absolute atomic E-state index is 11.5. The molecule has 3 heteroatoms. The molecule has 0 radical (unpaired) electrons. The summed E-state index contributed by atoms with van der Waals surface area (Å²) in [5.41, 5.74) is -0.628. The molecule has 0 amide bonds. The molecule has 0 aliphatic heterocycles. The van der Waals surface area contributed by atoms with E-state index in [1.807, 2.05) is 13.8 Å². The highest BCUT2D eigenvalue weighted by molar-refractivity contribution is 5.86. The van der Waals surface area contributed by atoms with Crippen LogP contribution in [0, 0.1) is 5.41 Å². The molecule has 0 rings (SSSR count). The van der Waals surface area contributed by atoms with Crippen LogP contribution >= 0.6 is 0 Å². The number of carbonyl (C=O) groups is 2. The molecule has 0 saturated heterocycles. The number of Topliss-reactive ketones (excluding diaryl/α,β-unsaturated/α-hetero) is 1. The summed E-state index contributed by atoms with van der Waals surface area (Å²) in [6.45, 7) is 5.61. The van der Waals surface area contributed by atoms with Gasteiger partial charge >= 0.3 is 5.97 Å². The van der Waals surface area contributed by atoms with E-state index >= 15 is 0 Å². The highest BCUT2D eigenvalue weighted by Gasteiger charge is 2.35. The van der Waals surface area contributed by atoms with Crippen molar-refractivity contribution >= 4 is 11.8 Å². The van der Waals surface area contributed by atoms with Crippen LogP contribution in [-0.4, -0.2) is 18.9 Å². The number of ketones is 1. The molecule has 0 aromatic heterocycles. The molecule has 0 aliphatic carbocycles. The van der Waals surface area contributed by atoms with E-state index < -0.39 is 5.41 Å². The SMILES string of the molecule is CCCC(C)(CC(=O)CC)C(=O)OC. The van der Waals surface area contributed by atoms with Gasteiger partial charge in [-0.2, -0.15) is 0 Å². The van der Waals surface area contributed by atoms with E-state index in [0.29, 0.717) is 19.3 Å². The van der Waals surface area contributed by atoms with Crippen LogP contribution in [0.5, 0.6) is 0 Å². The van der Waals surface area contributed by atoms with Gasteiger partial charge in [0, 0.05) is 12.8 Å². The smallest absolute Gasteiger partial charge is 0.311 e. The maximum Gasteiger partial charge on any atom is 0.311 e. The minimum atomic E-state index is -0.628. The van der Waals surface area contributed by atoms with Gasteiger partial charge in [0.25, 0.3) is 0 Å². The zero-order valence-electron chi connectivity index (χ0n) is 9.55. The quantitative estimate of drug-likeness (QED) is 0.618. The van der Waals surface area contributed by atoms with Crippen LogP contribution in [-0.2, 0) is 14.3 Å². The molecule has 0 N–H and O–H groups in total. The standard InChI is InChI=1S/C11H20O3/c1-5-7-11(3,10(13)14-4)8-9(12)6-2/h5-8H2,1-4H3. The number of esters is 1. The molecule has 0 saturated carbocycles. The van der Waals surface area contributed by atoms with Gasteiger partial charge in [0.2, 0.25) is 0 Å². The van der Waals surface area contributed by atoms with Gasteiger partial charge in [-0.1, -0.05) is 20.3 Å². The average Bonchev–Trinajstić information content (AvgIpc) is 2.16. The van der Waals surface area contributed by atoms with Gasteiger partial charge in [0.1, 0.15) is 5.78 Å². The van der Waals surface area contributed by atoms with Gasteiger partial charge in [0.15, 0.2) is 0 Å². The second kappa shape index (κ2) is 5.78. The molecule has 1 unspecified atom stereocenters. The summed E-state index contributed by atoms with van der Waals surface area (Å²) >= 11 is 0. The second-order valence-corrected chi connectivity index (χ2v) is 3.87. The van der Waals surface area contributed by atoms with E-state index in [4.69, 9.17) is 4.74 Å². The summed E-state index contributed by atoms with van der Waals surface area (Å²) in [5, 5.41) is 0. The predicted octanol–water partition coefficient (Wildman–Crippen LogP) is 2.33. The minimum absolute atomic E-state index is 0.117. The van der Waals surface area contributed by atoms with Gasteiger partial charge in [-0.05, 0) is 13.3 Å². The van der Waals surface area contributed by atoms with Crippen molar-refractivity contribution in [3.05, 3.63) is 0 Å². The molecule has 1 atom stereocenters. The molecule has 14 heavy (non-hydrogen) atoms. The molecule has 0 aromatic carbocycles. The van der Waals surface area contributed by atoms with Crippen molar-refractivity contribution in [2.24, 2.45) is 5.41 Å². The molecular weight excluding hydrogens is 180 g/mol. The molecule has 0 bridgehead atoms. The molecule has 0 fully saturated rings. The van der Waals surface area contributed by atoms with Gasteiger partial charge in [-0.15, -0.1) is 0 Å². The fourth-order valence-corrected chi connectivity index (χ4v) is 1.62. The van der Waals surface area contributed by atoms with Crippen LogP contribution in [0.1, 0.15) is 46.5 Å². The first-order valence-corrected chi connectivity index (χ1v) is 5.10. The van der Waals surface area contributed by atoms with Crippen LogP contribution in [0.15, 0.2) is 0 Å². The first kappa shape index (κ1) is 13.1. The van der Waals surface area contributed by atoms with Gasteiger partial charge in [-0.3, -0.25) is 9.59 Å². The van der Waals surface area contributed by atoms with Crippen molar-refractivity contribution < 1.29 is 14.3 Å². The number of carbonyl (C=O) groups excluding carboxylic acids is 2. The molecular formula is C11H20O3. The molecule has 0 aromatic rings. The molecule has 0 spiro atoms. The lowest BCUT2D eigenvalue weighted by Crippen LogP contribution is -2.31. The molecule has 82 valence electrons.